The first kappa shape index (κ1) is 21.0. The summed E-state index contributed by atoms with van der Waals surface area (Å²) >= 11 is 1.55. The standard InChI is InChI=1S/C28H21NO3S2/c1-19-11-13-22(14-12-19)34(30,31)29-25(21-15-16-33-18-21)17-24(20-7-3-2-4-8-20)28-27(29)23-9-5-6-10-26(23)32-28/h2-18,25H,1H3. The summed E-state index contributed by atoms with van der Waals surface area (Å²) < 4.78 is 36.3. The molecule has 0 N–H and O–H groups in total. The van der Waals surface area contributed by atoms with Crippen LogP contribution in [0.5, 0.6) is 0 Å². The number of hydrogen-bond acceptors (Lipinski definition) is 4. The number of rotatable bonds is 4. The van der Waals surface area contributed by atoms with Gasteiger partial charge in [0.1, 0.15) is 11.3 Å². The van der Waals surface area contributed by atoms with Gasteiger partial charge >= 0.3 is 0 Å². The van der Waals surface area contributed by atoms with Crippen molar-refractivity contribution in [3.05, 3.63) is 124 Å². The molecular weight excluding hydrogens is 462 g/mol. The van der Waals surface area contributed by atoms with E-state index in [0.29, 0.717) is 17.0 Å². The number of hydrogen-bond donors (Lipinski definition) is 0. The molecule has 5 aromatic rings. The molecular formula is C28H21NO3S2. The van der Waals surface area contributed by atoms with E-state index in [1.165, 1.54) is 4.31 Å². The Hall–Kier alpha value is -3.61. The highest BCUT2D eigenvalue weighted by Crippen LogP contribution is 2.50. The zero-order valence-electron chi connectivity index (χ0n) is 18.4. The van der Waals surface area contributed by atoms with Crippen LogP contribution in [0, 0.1) is 6.92 Å². The lowest BCUT2D eigenvalue weighted by Crippen LogP contribution is -2.36. The van der Waals surface area contributed by atoms with E-state index in [4.69, 9.17) is 4.42 Å². The molecule has 1 atom stereocenters. The normalized spacial score (nSPS) is 15.9. The third-order valence-corrected chi connectivity index (χ3v) is 8.66. The minimum Gasteiger partial charge on any atom is -0.454 e. The van der Waals surface area contributed by atoms with Crippen molar-refractivity contribution in [2.24, 2.45) is 0 Å². The van der Waals surface area contributed by atoms with Gasteiger partial charge in [0.25, 0.3) is 10.0 Å². The van der Waals surface area contributed by atoms with E-state index < -0.39 is 16.1 Å². The van der Waals surface area contributed by atoms with Gasteiger partial charge in [-0.25, -0.2) is 8.42 Å². The number of thiophene rings is 1. The fourth-order valence-corrected chi connectivity index (χ4v) is 6.79. The van der Waals surface area contributed by atoms with Crippen LogP contribution in [0.1, 0.15) is 28.5 Å². The Morgan fingerprint density at radius 3 is 2.35 bits per heavy atom. The van der Waals surface area contributed by atoms with Crippen molar-refractivity contribution in [2.45, 2.75) is 17.9 Å². The predicted octanol–water partition coefficient (Wildman–Crippen LogP) is 7.18. The average molecular weight is 484 g/mol. The van der Waals surface area contributed by atoms with Crippen molar-refractivity contribution in [2.75, 3.05) is 4.31 Å². The van der Waals surface area contributed by atoms with E-state index >= 15 is 0 Å². The number of sulfonamides is 1. The number of aryl methyl sites for hydroxylation is 1. The maximum absolute atomic E-state index is 14.2. The van der Waals surface area contributed by atoms with Gasteiger partial charge in [-0.15, -0.1) is 0 Å². The molecule has 3 aromatic carbocycles. The maximum atomic E-state index is 14.2. The third-order valence-electron chi connectivity index (χ3n) is 6.16. The molecule has 1 aliphatic rings. The predicted molar refractivity (Wildman–Crippen MR) is 138 cm³/mol. The lowest BCUT2D eigenvalue weighted by Gasteiger charge is -2.34. The van der Waals surface area contributed by atoms with Gasteiger partial charge in [-0.1, -0.05) is 60.2 Å². The molecule has 0 spiro atoms. The van der Waals surface area contributed by atoms with Crippen LogP contribution in [0.3, 0.4) is 0 Å². The van der Waals surface area contributed by atoms with Gasteiger partial charge in [-0.05, 0) is 65.2 Å². The minimum absolute atomic E-state index is 0.256. The van der Waals surface area contributed by atoms with Crippen LogP contribution in [0.15, 0.2) is 111 Å². The Bertz CT molecular complexity index is 1610. The van der Waals surface area contributed by atoms with Crippen LogP contribution in [-0.4, -0.2) is 8.42 Å². The van der Waals surface area contributed by atoms with Gasteiger partial charge in [-0.3, -0.25) is 4.31 Å². The molecule has 168 valence electrons. The summed E-state index contributed by atoms with van der Waals surface area (Å²) in [5, 5.41) is 4.76. The van der Waals surface area contributed by atoms with Crippen LogP contribution >= 0.6 is 11.3 Å². The second-order valence-corrected chi connectivity index (χ2v) is 10.9. The lowest BCUT2D eigenvalue weighted by atomic mass is 9.94. The first-order valence-corrected chi connectivity index (χ1v) is 13.3. The highest BCUT2D eigenvalue weighted by atomic mass is 32.2. The fraction of sp³-hybridized carbons (Fsp3) is 0.0714. The average Bonchev–Trinajstić information content (AvgIpc) is 3.52. The Labute approximate surface area is 202 Å². The fourth-order valence-electron chi connectivity index (χ4n) is 4.49. The van der Waals surface area contributed by atoms with Crippen LogP contribution in [0.25, 0.3) is 16.5 Å². The zero-order chi connectivity index (χ0) is 23.3. The number of para-hydroxylation sites is 1. The molecule has 0 aliphatic carbocycles. The molecule has 0 fully saturated rings. The Balaban J connectivity index is 1.68. The molecule has 3 heterocycles. The summed E-state index contributed by atoms with van der Waals surface area (Å²) in [5.74, 6) is 0.564. The summed E-state index contributed by atoms with van der Waals surface area (Å²) in [7, 11) is -3.90. The second kappa shape index (κ2) is 8.01. The topological polar surface area (TPSA) is 50.5 Å². The van der Waals surface area contributed by atoms with E-state index in [1.54, 1.807) is 23.5 Å². The van der Waals surface area contributed by atoms with Gasteiger partial charge in [0.2, 0.25) is 0 Å². The van der Waals surface area contributed by atoms with Gasteiger partial charge in [0.15, 0.2) is 5.76 Å². The van der Waals surface area contributed by atoms with Crippen molar-refractivity contribution >= 4 is 43.6 Å². The van der Waals surface area contributed by atoms with E-state index in [9.17, 15) is 8.42 Å². The summed E-state index contributed by atoms with van der Waals surface area (Å²) in [6.07, 6.45) is 2.01. The van der Waals surface area contributed by atoms with Gasteiger partial charge in [-0.2, -0.15) is 11.3 Å². The molecule has 4 nitrogen and oxygen atoms in total. The van der Waals surface area contributed by atoms with Crippen molar-refractivity contribution in [1.82, 2.24) is 0 Å². The SMILES string of the molecule is Cc1ccc(S(=O)(=O)N2c3c(oc4ccccc34)C(c3ccccc3)=CC2c2ccsc2)cc1. The minimum atomic E-state index is -3.90. The van der Waals surface area contributed by atoms with Crippen molar-refractivity contribution in [3.63, 3.8) is 0 Å². The third kappa shape index (κ3) is 3.30. The summed E-state index contributed by atoms with van der Waals surface area (Å²) in [6, 6.07) is 26.1. The molecule has 6 heteroatoms. The zero-order valence-corrected chi connectivity index (χ0v) is 20.0. The largest absolute Gasteiger partial charge is 0.454 e. The molecule has 2 aromatic heterocycles. The van der Waals surface area contributed by atoms with Crippen molar-refractivity contribution < 1.29 is 12.8 Å². The van der Waals surface area contributed by atoms with Crippen molar-refractivity contribution in [3.8, 4) is 0 Å². The highest BCUT2D eigenvalue weighted by molar-refractivity contribution is 7.92. The molecule has 0 saturated heterocycles. The number of furan rings is 1. The van der Waals surface area contributed by atoms with E-state index in [1.807, 2.05) is 96.6 Å². The number of nitrogens with zero attached hydrogens (tertiary/aromatic N) is 1. The Kier molecular flexibility index (Phi) is 4.94. The van der Waals surface area contributed by atoms with E-state index in [0.717, 1.165) is 27.6 Å². The maximum Gasteiger partial charge on any atom is 0.265 e. The first-order chi connectivity index (χ1) is 16.5. The monoisotopic (exact) mass is 483 g/mol. The first-order valence-electron chi connectivity index (χ1n) is 11.0. The summed E-state index contributed by atoms with van der Waals surface area (Å²) in [5.41, 5.74) is 5.03. The smallest absolute Gasteiger partial charge is 0.265 e. The number of benzene rings is 3. The van der Waals surface area contributed by atoms with Crippen LogP contribution in [-0.2, 0) is 10.0 Å². The Morgan fingerprint density at radius 1 is 0.882 bits per heavy atom. The highest BCUT2D eigenvalue weighted by Gasteiger charge is 2.40. The lowest BCUT2D eigenvalue weighted by molar-refractivity contribution is 0.577. The molecule has 6 rings (SSSR count). The van der Waals surface area contributed by atoms with Gasteiger partial charge < -0.3 is 4.42 Å². The molecule has 0 radical (unpaired) electrons. The summed E-state index contributed by atoms with van der Waals surface area (Å²) in [4.78, 5) is 0.256. The summed E-state index contributed by atoms with van der Waals surface area (Å²) in [6.45, 7) is 1.95. The van der Waals surface area contributed by atoms with Gasteiger partial charge in [0, 0.05) is 11.0 Å². The Morgan fingerprint density at radius 2 is 1.62 bits per heavy atom. The quantitative estimate of drug-likeness (QED) is 0.272. The van der Waals surface area contributed by atoms with Crippen LogP contribution < -0.4 is 4.31 Å². The number of anilines is 1. The molecule has 0 bridgehead atoms. The van der Waals surface area contributed by atoms with E-state index in [-0.39, 0.29) is 4.90 Å². The van der Waals surface area contributed by atoms with Crippen LogP contribution in [0.4, 0.5) is 5.69 Å². The second-order valence-electron chi connectivity index (χ2n) is 8.34. The number of fused-ring (bicyclic) bond motifs is 3. The van der Waals surface area contributed by atoms with Crippen LogP contribution in [0.2, 0.25) is 0 Å². The molecule has 1 aliphatic heterocycles. The molecule has 0 amide bonds. The molecule has 1 unspecified atom stereocenters. The van der Waals surface area contributed by atoms with E-state index in [2.05, 4.69) is 0 Å². The van der Waals surface area contributed by atoms with Crippen molar-refractivity contribution in [1.29, 1.82) is 0 Å². The molecule has 0 saturated carbocycles. The molecule has 34 heavy (non-hydrogen) atoms. The van der Waals surface area contributed by atoms with Gasteiger partial charge in [0.05, 0.1) is 10.9 Å².